The molecule has 0 aliphatic rings. The van der Waals surface area contributed by atoms with E-state index in [2.05, 4.69) is 11.6 Å². The van der Waals surface area contributed by atoms with Crippen molar-refractivity contribution in [3.05, 3.63) is 42.3 Å². The highest BCUT2D eigenvalue weighted by atomic mass is 16.5. The summed E-state index contributed by atoms with van der Waals surface area (Å²) in [5.74, 6) is 0.135. The van der Waals surface area contributed by atoms with Crippen LogP contribution in [0.15, 0.2) is 36.6 Å². The van der Waals surface area contributed by atoms with Gasteiger partial charge in [-0.2, -0.15) is 10.2 Å². The number of carbonyl (C=O) groups excluding carboxylic acids is 1. The van der Waals surface area contributed by atoms with Crippen LogP contribution in [-0.4, -0.2) is 34.7 Å². The van der Waals surface area contributed by atoms with Crippen LogP contribution in [0.25, 0.3) is 11.7 Å². The van der Waals surface area contributed by atoms with Crippen LogP contribution in [0.4, 0.5) is 0 Å². The molecule has 0 spiro atoms. The van der Waals surface area contributed by atoms with Gasteiger partial charge in [-0.05, 0) is 39.0 Å². The standard InChI is InChI=1S/C19H21N3O4/c1-5-10-25-18-15(11-14(12-20)19(23)24-6-2)22-9-7-8-16(17(22)21-18)26-13(3)4/h5,7-9,11,13H,1,6,10H2,2-4H3. The fourth-order valence-corrected chi connectivity index (χ4v) is 2.24. The molecular formula is C19H21N3O4. The molecule has 0 aliphatic carbocycles. The Morgan fingerprint density at radius 1 is 1.50 bits per heavy atom. The van der Waals surface area contributed by atoms with E-state index in [-0.39, 0.29) is 30.8 Å². The van der Waals surface area contributed by atoms with Crippen LogP contribution in [0, 0.1) is 11.3 Å². The number of ether oxygens (including phenoxy) is 3. The molecule has 2 heterocycles. The normalized spacial score (nSPS) is 11.3. The Hall–Kier alpha value is -3.27. The lowest BCUT2D eigenvalue weighted by molar-refractivity contribution is -0.137. The Bertz CT molecular complexity index is 875. The third kappa shape index (κ3) is 4.22. The molecule has 0 aromatic carbocycles. The summed E-state index contributed by atoms with van der Waals surface area (Å²) < 4.78 is 18.0. The van der Waals surface area contributed by atoms with E-state index in [4.69, 9.17) is 14.2 Å². The second-order valence-corrected chi connectivity index (χ2v) is 5.52. The van der Waals surface area contributed by atoms with Crippen LogP contribution in [0.2, 0.25) is 0 Å². The highest BCUT2D eigenvalue weighted by Gasteiger charge is 2.19. The Morgan fingerprint density at radius 2 is 2.27 bits per heavy atom. The maximum Gasteiger partial charge on any atom is 0.348 e. The van der Waals surface area contributed by atoms with Gasteiger partial charge < -0.3 is 14.2 Å². The molecule has 0 fully saturated rings. The van der Waals surface area contributed by atoms with Gasteiger partial charge in [0.05, 0.1) is 12.7 Å². The fraction of sp³-hybridized carbons (Fsp3) is 0.316. The number of nitrogens with zero attached hydrogens (tertiary/aromatic N) is 3. The van der Waals surface area contributed by atoms with E-state index in [1.807, 2.05) is 19.9 Å². The number of nitriles is 1. The van der Waals surface area contributed by atoms with Gasteiger partial charge in [-0.25, -0.2) is 4.79 Å². The van der Waals surface area contributed by atoms with Gasteiger partial charge in [-0.15, -0.1) is 0 Å². The smallest absolute Gasteiger partial charge is 0.348 e. The molecule has 0 radical (unpaired) electrons. The lowest BCUT2D eigenvalue weighted by Gasteiger charge is -2.10. The number of pyridine rings is 1. The van der Waals surface area contributed by atoms with Gasteiger partial charge in [0.25, 0.3) is 0 Å². The molecule has 2 aromatic rings. The van der Waals surface area contributed by atoms with Crippen molar-refractivity contribution in [2.24, 2.45) is 0 Å². The third-order valence-electron chi connectivity index (χ3n) is 3.21. The van der Waals surface area contributed by atoms with Gasteiger partial charge in [-0.3, -0.25) is 4.40 Å². The molecule has 0 atom stereocenters. The first-order valence-corrected chi connectivity index (χ1v) is 8.22. The number of hydrogen-bond acceptors (Lipinski definition) is 6. The van der Waals surface area contributed by atoms with Crippen molar-refractivity contribution < 1.29 is 19.0 Å². The number of carbonyl (C=O) groups is 1. The highest BCUT2D eigenvalue weighted by Crippen LogP contribution is 2.29. The molecule has 0 N–H and O–H groups in total. The predicted octanol–water partition coefficient (Wildman–Crippen LogP) is 3.16. The molecule has 0 aliphatic heterocycles. The number of aromatic nitrogens is 2. The van der Waals surface area contributed by atoms with Gasteiger partial charge >= 0.3 is 5.97 Å². The van der Waals surface area contributed by atoms with E-state index in [0.29, 0.717) is 17.1 Å². The van der Waals surface area contributed by atoms with Gasteiger partial charge in [0.1, 0.15) is 23.9 Å². The zero-order valence-corrected chi connectivity index (χ0v) is 15.1. The SMILES string of the molecule is C=CCOc1nc2c(OC(C)C)cccn2c1C=C(C#N)C(=O)OCC. The van der Waals surface area contributed by atoms with Crippen molar-refractivity contribution >= 4 is 17.7 Å². The van der Waals surface area contributed by atoms with Gasteiger partial charge in [-0.1, -0.05) is 12.7 Å². The van der Waals surface area contributed by atoms with Crippen molar-refractivity contribution in [3.8, 4) is 17.7 Å². The number of imidazole rings is 1. The van der Waals surface area contributed by atoms with Crippen molar-refractivity contribution in [2.75, 3.05) is 13.2 Å². The van der Waals surface area contributed by atoms with Crippen molar-refractivity contribution in [1.82, 2.24) is 9.38 Å². The number of hydrogen-bond donors (Lipinski definition) is 0. The van der Waals surface area contributed by atoms with E-state index in [9.17, 15) is 10.1 Å². The van der Waals surface area contributed by atoms with E-state index in [0.717, 1.165) is 0 Å². The van der Waals surface area contributed by atoms with E-state index in [1.54, 1.807) is 35.7 Å². The zero-order chi connectivity index (χ0) is 19.1. The van der Waals surface area contributed by atoms with Crippen molar-refractivity contribution in [2.45, 2.75) is 26.9 Å². The maximum absolute atomic E-state index is 12.0. The molecule has 0 amide bonds. The lowest BCUT2D eigenvalue weighted by Crippen LogP contribution is -2.07. The van der Waals surface area contributed by atoms with E-state index < -0.39 is 5.97 Å². The predicted molar refractivity (Wildman–Crippen MR) is 96.9 cm³/mol. The Balaban J connectivity index is 2.63. The molecule has 0 unspecified atom stereocenters. The molecule has 2 rings (SSSR count). The Labute approximate surface area is 152 Å². The van der Waals surface area contributed by atoms with Crippen LogP contribution in [0.5, 0.6) is 11.6 Å². The molecular weight excluding hydrogens is 334 g/mol. The second-order valence-electron chi connectivity index (χ2n) is 5.52. The molecule has 2 aromatic heterocycles. The molecule has 26 heavy (non-hydrogen) atoms. The van der Waals surface area contributed by atoms with Crippen molar-refractivity contribution in [3.63, 3.8) is 0 Å². The number of rotatable bonds is 8. The lowest BCUT2D eigenvalue weighted by atomic mass is 10.2. The molecule has 7 nitrogen and oxygen atoms in total. The molecule has 136 valence electrons. The summed E-state index contributed by atoms with van der Waals surface area (Å²) in [5, 5.41) is 9.30. The summed E-state index contributed by atoms with van der Waals surface area (Å²) in [4.78, 5) is 16.4. The third-order valence-corrected chi connectivity index (χ3v) is 3.21. The molecule has 0 saturated carbocycles. The van der Waals surface area contributed by atoms with Crippen LogP contribution in [0.1, 0.15) is 26.5 Å². The molecule has 0 saturated heterocycles. The van der Waals surface area contributed by atoms with Crippen LogP contribution < -0.4 is 9.47 Å². The summed E-state index contributed by atoms with van der Waals surface area (Å²) in [5.41, 5.74) is 0.820. The van der Waals surface area contributed by atoms with Gasteiger partial charge in [0, 0.05) is 6.20 Å². The van der Waals surface area contributed by atoms with Crippen LogP contribution in [-0.2, 0) is 9.53 Å². The van der Waals surface area contributed by atoms with E-state index >= 15 is 0 Å². The number of esters is 1. The minimum atomic E-state index is -0.700. The Morgan fingerprint density at radius 3 is 2.88 bits per heavy atom. The summed E-state index contributed by atoms with van der Waals surface area (Å²) in [6.07, 6.45) is 4.70. The fourth-order valence-electron chi connectivity index (χ4n) is 2.24. The minimum absolute atomic E-state index is 0.0383. The van der Waals surface area contributed by atoms with Gasteiger partial charge in [0.2, 0.25) is 5.88 Å². The van der Waals surface area contributed by atoms with Crippen LogP contribution >= 0.6 is 0 Å². The monoisotopic (exact) mass is 355 g/mol. The number of fused-ring (bicyclic) bond motifs is 1. The first-order chi connectivity index (χ1) is 12.5. The topological polar surface area (TPSA) is 85.9 Å². The first-order valence-electron chi connectivity index (χ1n) is 8.22. The summed E-state index contributed by atoms with van der Waals surface area (Å²) in [6.45, 7) is 9.53. The minimum Gasteiger partial charge on any atom is -0.487 e. The maximum atomic E-state index is 12.0. The highest BCUT2D eigenvalue weighted by molar-refractivity contribution is 5.98. The average Bonchev–Trinajstić information content (AvgIpc) is 2.96. The quantitative estimate of drug-likeness (QED) is 0.313. The zero-order valence-electron chi connectivity index (χ0n) is 15.1. The van der Waals surface area contributed by atoms with E-state index in [1.165, 1.54) is 6.08 Å². The largest absolute Gasteiger partial charge is 0.487 e. The van der Waals surface area contributed by atoms with Gasteiger partial charge in [0.15, 0.2) is 11.4 Å². The average molecular weight is 355 g/mol. The molecule has 0 bridgehead atoms. The molecule has 7 heteroatoms. The van der Waals surface area contributed by atoms with Crippen LogP contribution in [0.3, 0.4) is 0 Å². The first kappa shape index (κ1) is 19.1. The van der Waals surface area contributed by atoms with Crippen molar-refractivity contribution in [1.29, 1.82) is 5.26 Å². The Kier molecular flexibility index (Phi) is 6.39. The summed E-state index contributed by atoms with van der Waals surface area (Å²) >= 11 is 0. The summed E-state index contributed by atoms with van der Waals surface area (Å²) in [6, 6.07) is 5.44. The second kappa shape index (κ2) is 8.72. The summed E-state index contributed by atoms with van der Waals surface area (Å²) in [7, 11) is 0.